The van der Waals surface area contributed by atoms with Crippen molar-refractivity contribution in [1.82, 2.24) is 9.55 Å². The fraction of sp³-hybridized carbons (Fsp3) is 0.200. The highest BCUT2D eigenvalue weighted by molar-refractivity contribution is 5.84. The van der Waals surface area contributed by atoms with E-state index >= 15 is 0 Å². The Kier molecular flexibility index (Phi) is 5.01. The van der Waals surface area contributed by atoms with Crippen molar-refractivity contribution in [3.63, 3.8) is 0 Å². The van der Waals surface area contributed by atoms with Crippen LogP contribution in [0.5, 0.6) is 11.5 Å². The topological polar surface area (TPSA) is 66.5 Å². The van der Waals surface area contributed by atoms with Crippen LogP contribution in [-0.2, 0) is 6.54 Å². The Morgan fingerprint density at radius 2 is 1.78 bits per heavy atom. The van der Waals surface area contributed by atoms with Crippen molar-refractivity contribution < 1.29 is 18.3 Å². The first-order valence-electron chi connectivity index (χ1n) is 10.3. The molecule has 0 bridgehead atoms. The molecule has 32 heavy (non-hydrogen) atoms. The van der Waals surface area contributed by atoms with E-state index in [1.807, 2.05) is 24.3 Å². The van der Waals surface area contributed by atoms with Crippen molar-refractivity contribution in [1.29, 1.82) is 0 Å². The number of hydrogen-bond donors (Lipinski definition) is 0. The summed E-state index contributed by atoms with van der Waals surface area (Å²) in [6, 6.07) is 13.3. The Balaban J connectivity index is 1.63. The molecule has 0 aliphatic carbocycles. The van der Waals surface area contributed by atoms with Crippen LogP contribution in [0, 0.1) is 5.82 Å². The van der Waals surface area contributed by atoms with Crippen molar-refractivity contribution in [2.75, 3.05) is 14.2 Å². The van der Waals surface area contributed by atoms with E-state index in [2.05, 4.69) is 0 Å². The molecular formula is C25H21FN2O4. The zero-order chi connectivity index (χ0) is 22.2. The van der Waals surface area contributed by atoms with Crippen molar-refractivity contribution in [2.45, 2.75) is 19.4 Å². The van der Waals surface area contributed by atoms with Crippen LogP contribution in [0.2, 0.25) is 0 Å². The maximum atomic E-state index is 13.3. The molecule has 0 spiro atoms. The molecule has 0 radical (unpaired) electrons. The number of ether oxygens (including phenoxy) is 2. The molecule has 7 heteroatoms. The highest BCUT2D eigenvalue weighted by atomic mass is 19.1. The number of aromatic nitrogens is 2. The molecular weight excluding hydrogens is 411 g/mol. The minimum absolute atomic E-state index is 0.143. The lowest BCUT2D eigenvalue weighted by atomic mass is 10.0. The van der Waals surface area contributed by atoms with Gasteiger partial charge in [-0.2, -0.15) is 4.98 Å². The van der Waals surface area contributed by atoms with E-state index in [-0.39, 0.29) is 17.1 Å². The van der Waals surface area contributed by atoms with E-state index in [1.54, 1.807) is 37.0 Å². The monoisotopic (exact) mass is 432 g/mol. The van der Waals surface area contributed by atoms with Gasteiger partial charge in [-0.15, -0.1) is 0 Å². The van der Waals surface area contributed by atoms with Crippen LogP contribution in [0.4, 0.5) is 4.39 Å². The fourth-order valence-corrected chi connectivity index (χ4v) is 4.01. The average Bonchev–Trinajstić information content (AvgIpc) is 3.24. The summed E-state index contributed by atoms with van der Waals surface area (Å²) in [6.07, 6.45) is 3.61. The van der Waals surface area contributed by atoms with Gasteiger partial charge in [-0.25, -0.2) is 4.39 Å². The quantitative estimate of drug-likeness (QED) is 0.446. The van der Waals surface area contributed by atoms with Gasteiger partial charge in [-0.05, 0) is 72.5 Å². The van der Waals surface area contributed by atoms with Gasteiger partial charge in [0.05, 0.1) is 14.2 Å². The molecule has 1 aliphatic rings. The number of halogens is 1. The molecule has 0 unspecified atom stereocenters. The third-order valence-corrected chi connectivity index (χ3v) is 5.61. The molecule has 162 valence electrons. The Labute approximate surface area is 183 Å². The predicted octanol–water partition coefficient (Wildman–Crippen LogP) is 5.15. The molecule has 0 saturated carbocycles. The summed E-state index contributed by atoms with van der Waals surface area (Å²) in [5.74, 6) is 2.11. The van der Waals surface area contributed by atoms with E-state index in [0.29, 0.717) is 40.6 Å². The zero-order valence-corrected chi connectivity index (χ0v) is 17.7. The second kappa shape index (κ2) is 8.00. The summed E-state index contributed by atoms with van der Waals surface area (Å²) in [5, 5.41) is 0.414. The molecule has 0 amide bonds. The fourth-order valence-electron chi connectivity index (χ4n) is 4.01. The van der Waals surface area contributed by atoms with Gasteiger partial charge in [0.15, 0.2) is 0 Å². The minimum atomic E-state index is -0.331. The van der Waals surface area contributed by atoms with Crippen LogP contribution in [0.15, 0.2) is 57.7 Å². The van der Waals surface area contributed by atoms with E-state index < -0.39 is 0 Å². The second-order valence-corrected chi connectivity index (χ2v) is 7.65. The van der Waals surface area contributed by atoms with Crippen molar-refractivity contribution in [3.8, 4) is 22.8 Å². The van der Waals surface area contributed by atoms with E-state index in [0.717, 1.165) is 24.0 Å². The number of methoxy groups -OCH3 is 2. The number of rotatable bonds is 4. The minimum Gasteiger partial charge on any atom is -0.497 e. The number of fused-ring (bicyclic) bond motifs is 2. The van der Waals surface area contributed by atoms with Gasteiger partial charge >= 0.3 is 0 Å². The Hall–Kier alpha value is -3.87. The summed E-state index contributed by atoms with van der Waals surface area (Å²) in [4.78, 5) is 17.9. The molecule has 4 aromatic rings. The van der Waals surface area contributed by atoms with Gasteiger partial charge < -0.3 is 13.9 Å². The lowest BCUT2D eigenvalue weighted by molar-refractivity contribution is 0.394. The van der Waals surface area contributed by atoms with Crippen LogP contribution in [-0.4, -0.2) is 23.8 Å². The van der Waals surface area contributed by atoms with Crippen molar-refractivity contribution in [3.05, 3.63) is 76.1 Å². The van der Waals surface area contributed by atoms with Gasteiger partial charge in [-0.3, -0.25) is 9.36 Å². The molecule has 0 fully saturated rings. The van der Waals surface area contributed by atoms with Gasteiger partial charge in [0.25, 0.3) is 5.56 Å². The first-order valence-corrected chi connectivity index (χ1v) is 10.3. The molecule has 2 aromatic heterocycles. The molecule has 2 aromatic carbocycles. The van der Waals surface area contributed by atoms with Gasteiger partial charge in [0.2, 0.25) is 5.71 Å². The predicted molar refractivity (Wildman–Crippen MR) is 120 cm³/mol. The molecule has 0 atom stereocenters. The van der Waals surface area contributed by atoms with Crippen LogP contribution in [0.3, 0.4) is 0 Å². The SMILES string of the molecule is COc1cc(/C=C2\CCCn3c2nc2oc(-c4ccc(F)cc4)cc2c3=O)cc(OC)c1. The Morgan fingerprint density at radius 1 is 1.06 bits per heavy atom. The zero-order valence-electron chi connectivity index (χ0n) is 17.7. The van der Waals surface area contributed by atoms with Crippen LogP contribution in [0.25, 0.3) is 34.1 Å². The summed E-state index contributed by atoms with van der Waals surface area (Å²) < 4.78 is 31.6. The summed E-state index contributed by atoms with van der Waals surface area (Å²) in [6.45, 7) is 0.590. The normalized spacial score (nSPS) is 14.5. The maximum Gasteiger partial charge on any atom is 0.265 e. The largest absolute Gasteiger partial charge is 0.497 e. The van der Waals surface area contributed by atoms with Crippen LogP contribution < -0.4 is 15.0 Å². The number of allylic oxidation sites excluding steroid dienone is 1. The Bertz CT molecular complexity index is 1380. The summed E-state index contributed by atoms with van der Waals surface area (Å²) in [7, 11) is 3.21. The molecule has 1 aliphatic heterocycles. The average molecular weight is 432 g/mol. The van der Waals surface area contributed by atoms with Gasteiger partial charge in [-0.1, -0.05) is 0 Å². The molecule has 5 rings (SSSR count). The lowest BCUT2D eigenvalue weighted by Crippen LogP contribution is -2.27. The molecule has 0 N–H and O–H groups in total. The third-order valence-electron chi connectivity index (χ3n) is 5.61. The summed E-state index contributed by atoms with van der Waals surface area (Å²) in [5.41, 5.74) is 2.65. The number of nitrogens with zero attached hydrogens (tertiary/aromatic N) is 2. The standard InChI is InChI=1S/C25H21FN2O4/c1-30-19-11-15(12-20(13-19)31-2)10-17-4-3-9-28-23(17)27-24-21(25(28)29)14-22(32-24)16-5-7-18(26)8-6-16/h5-8,10-14H,3-4,9H2,1-2H3/b17-10+. The van der Waals surface area contributed by atoms with Crippen molar-refractivity contribution in [2.24, 2.45) is 0 Å². The van der Waals surface area contributed by atoms with Crippen molar-refractivity contribution >= 4 is 22.7 Å². The first kappa shape index (κ1) is 20.1. The molecule has 3 heterocycles. The van der Waals surface area contributed by atoms with Gasteiger partial charge in [0, 0.05) is 18.2 Å². The van der Waals surface area contributed by atoms with Crippen LogP contribution in [0.1, 0.15) is 24.2 Å². The van der Waals surface area contributed by atoms with E-state index in [4.69, 9.17) is 18.9 Å². The third kappa shape index (κ3) is 3.56. The van der Waals surface area contributed by atoms with Gasteiger partial charge in [0.1, 0.15) is 34.3 Å². The smallest absolute Gasteiger partial charge is 0.265 e. The highest BCUT2D eigenvalue weighted by Gasteiger charge is 2.22. The maximum absolute atomic E-state index is 13.3. The summed E-state index contributed by atoms with van der Waals surface area (Å²) >= 11 is 0. The molecule has 0 saturated heterocycles. The lowest BCUT2D eigenvalue weighted by Gasteiger charge is -2.20. The highest BCUT2D eigenvalue weighted by Crippen LogP contribution is 2.32. The second-order valence-electron chi connectivity index (χ2n) is 7.65. The number of hydrogen-bond acceptors (Lipinski definition) is 5. The number of benzene rings is 2. The first-order chi connectivity index (χ1) is 15.6. The Morgan fingerprint density at radius 3 is 2.47 bits per heavy atom. The molecule has 6 nitrogen and oxygen atoms in total. The number of furan rings is 1. The van der Waals surface area contributed by atoms with E-state index in [9.17, 15) is 9.18 Å². The van der Waals surface area contributed by atoms with Crippen LogP contribution >= 0.6 is 0 Å². The van der Waals surface area contributed by atoms with E-state index in [1.165, 1.54) is 12.1 Å².